The number of benzene rings is 1. The monoisotopic (exact) mass is 277 g/mol. The Labute approximate surface area is 122 Å². The van der Waals surface area contributed by atoms with Gasteiger partial charge in [-0.05, 0) is 18.5 Å². The quantitative estimate of drug-likeness (QED) is 0.866. The van der Waals surface area contributed by atoms with Gasteiger partial charge in [-0.2, -0.15) is 0 Å². The molecule has 1 aliphatic rings. The molecule has 0 aliphatic carbocycles. The minimum Gasteiger partial charge on any atom is -0.491 e. The van der Waals surface area contributed by atoms with Crippen molar-refractivity contribution in [3.05, 3.63) is 29.8 Å². The molecule has 1 N–H and O–H groups in total. The molecule has 2 rings (SSSR count). The van der Waals surface area contributed by atoms with Crippen LogP contribution in [0.4, 0.5) is 0 Å². The van der Waals surface area contributed by atoms with E-state index < -0.39 is 6.10 Å². The van der Waals surface area contributed by atoms with E-state index >= 15 is 0 Å². The first kappa shape index (κ1) is 15.3. The van der Waals surface area contributed by atoms with Gasteiger partial charge in [-0.25, -0.2) is 0 Å². The molecule has 0 amide bonds. The number of para-hydroxylation sites is 1. The Morgan fingerprint density at radius 1 is 1.25 bits per heavy atom. The van der Waals surface area contributed by atoms with Crippen molar-refractivity contribution in [1.82, 2.24) is 4.90 Å². The smallest absolute Gasteiger partial charge is 0.125 e. The first-order chi connectivity index (χ1) is 9.71. The molecule has 1 aliphatic heterocycles. The Kier molecular flexibility index (Phi) is 5.44. The summed E-state index contributed by atoms with van der Waals surface area (Å²) in [6.45, 7) is 9.21. The van der Waals surface area contributed by atoms with E-state index in [4.69, 9.17) is 4.74 Å². The number of nitrogens with zero attached hydrogens (tertiary/aromatic N) is 1. The van der Waals surface area contributed by atoms with Crippen LogP contribution >= 0.6 is 0 Å². The van der Waals surface area contributed by atoms with Crippen LogP contribution < -0.4 is 4.74 Å². The van der Waals surface area contributed by atoms with Crippen LogP contribution in [0, 0.1) is 5.92 Å². The zero-order valence-corrected chi connectivity index (χ0v) is 12.9. The third-order valence-electron chi connectivity index (χ3n) is 4.53. The lowest BCUT2D eigenvalue weighted by molar-refractivity contribution is -0.00137. The van der Waals surface area contributed by atoms with E-state index in [1.165, 1.54) is 12.8 Å². The Morgan fingerprint density at radius 2 is 1.95 bits per heavy atom. The van der Waals surface area contributed by atoms with E-state index in [0.29, 0.717) is 12.5 Å². The number of aliphatic hydroxyl groups excluding tert-OH is 1. The molecule has 2 unspecified atom stereocenters. The predicted octanol–water partition coefficient (Wildman–Crippen LogP) is 3.24. The van der Waals surface area contributed by atoms with Crippen molar-refractivity contribution in [3.63, 3.8) is 0 Å². The second-order valence-electron chi connectivity index (χ2n) is 5.63. The van der Waals surface area contributed by atoms with Crippen molar-refractivity contribution in [3.8, 4) is 5.75 Å². The third kappa shape index (κ3) is 3.15. The molecule has 20 heavy (non-hydrogen) atoms. The third-order valence-corrected chi connectivity index (χ3v) is 4.53. The van der Waals surface area contributed by atoms with E-state index in [9.17, 15) is 5.11 Å². The van der Waals surface area contributed by atoms with Gasteiger partial charge >= 0.3 is 0 Å². The van der Waals surface area contributed by atoms with E-state index in [2.05, 4.69) is 25.7 Å². The highest BCUT2D eigenvalue weighted by Gasteiger charge is 2.33. The van der Waals surface area contributed by atoms with Crippen LogP contribution in [0.1, 0.15) is 45.3 Å². The molecule has 2 atom stereocenters. The fraction of sp³-hybridized carbons (Fsp3) is 0.647. The van der Waals surface area contributed by atoms with Gasteiger partial charge in [0.15, 0.2) is 0 Å². The summed E-state index contributed by atoms with van der Waals surface area (Å²) in [6, 6.07) is 7.89. The average molecular weight is 277 g/mol. The highest BCUT2D eigenvalue weighted by atomic mass is 16.5. The number of likely N-dealkylation sites (N-methyl/N-ethyl adjacent to an activating group) is 1. The van der Waals surface area contributed by atoms with Crippen LogP contribution in [-0.4, -0.2) is 35.7 Å². The minimum absolute atomic E-state index is 0.0653. The lowest BCUT2D eigenvalue weighted by atomic mass is 9.95. The van der Waals surface area contributed by atoms with Crippen LogP contribution in [0.2, 0.25) is 0 Å². The van der Waals surface area contributed by atoms with Crippen molar-refractivity contribution in [2.45, 2.75) is 45.8 Å². The molecule has 0 spiro atoms. The Hall–Kier alpha value is -1.06. The second-order valence-corrected chi connectivity index (χ2v) is 5.63. The van der Waals surface area contributed by atoms with Crippen LogP contribution in [0.3, 0.4) is 0 Å². The van der Waals surface area contributed by atoms with Gasteiger partial charge in [0.2, 0.25) is 0 Å². The van der Waals surface area contributed by atoms with E-state index in [0.717, 1.165) is 24.4 Å². The van der Waals surface area contributed by atoms with Crippen molar-refractivity contribution in [2.75, 3.05) is 19.7 Å². The maximum absolute atomic E-state index is 10.7. The minimum atomic E-state index is -0.450. The molecule has 0 radical (unpaired) electrons. The lowest BCUT2D eigenvalue weighted by Gasteiger charge is -2.39. The summed E-state index contributed by atoms with van der Waals surface area (Å²) in [5, 5.41) is 10.7. The maximum Gasteiger partial charge on any atom is 0.125 e. The van der Waals surface area contributed by atoms with Gasteiger partial charge in [0.05, 0.1) is 6.04 Å². The lowest BCUT2D eigenvalue weighted by Crippen LogP contribution is -2.47. The Balaban J connectivity index is 2.12. The summed E-state index contributed by atoms with van der Waals surface area (Å²) in [7, 11) is 0. The van der Waals surface area contributed by atoms with Crippen LogP contribution in [0.5, 0.6) is 5.75 Å². The van der Waals surface area contributed by atoms with Crippen molar-refractivity contribution in [2.24, 2.45) is 5.92 Å². The van der Waals surface area contributed by atoms with Gasteiger partial charge in [0.1, 0.15) is 18.5 Å². The highest BCUT2D eigenvalue weighted by molar-refractivity contribution is 5.37. The van der Waals surface area contributed by atoms with E-state index in [1.807, 2.05) is 24.3 Å². The molecule has 3 nitrogen and oxygen atoms in total. The molecule has 1 aromatic rings. The average Bonchev–Trinajstić information content (AvgIpc) is 2.50. The number of ether oxygens (including phenoxy) is 1. The molecular formula is C17H27NO2. The largest absolute Gasteiger partial charge is 0.491 e. The SMILES string of the molecule is CCC(CC)CN(CC)C1COc2ccccc2C1O. The molecular weight excluding hydrogens is 250 g/mol. The van der Waals surface area contributed by atoms with Gasteiger partial charge in [-0.3, -0.25) is 4.90 Å². The molecule has 1 aromatic carbocycles. The number of fused-ring (bicyclic) bond motifs is 1. The standard InChI is InChI=1S/C17H27NO2/c1-4-13(5-2)11-18(6-3)15-12-20-16-10-8-7-9-14(16)17(15)19/h7-10,13,15,17,19H,4-6,11-12H2,1-3H3. The van der Waals surface area contributed by atoms with E-state index in [-0.39, 0.29) is 6.04 Å². The number of rotatable bonds is 6. The van der Waals surface area contributed by atoms with Gasteiger partial charge < -0.3 is 9.84 Å². The Morgan fingerprint density at radius 3 is 2.60 bits per heavy atom. The maximum atomic E-state index is 10.7. The molecule has 112 valence electrons. The number of hydrogen-bond donors (Lipinski definition) is 1. The first-order valence-corrected chi connectivity index (χ1v) is 7.85. The predicted molar refractivity (Wildman–Crippen MR) is 82.0 cm³/mol. The summed E-state index contributed by atoms with van der Waals surface area (Å²) in [5.41, 5.74) is 0.923. The zero-order chi connectivity index (χ0) is 14.5. The fourth-order valence-corrected chi connectivity index (χ4v) is 3.01. The van der Waals surface area contributed by atoms with Crippen molar-refractivity contribution in [1.29, 1.82) is 0 Å². The molecule has 0 saturated carbocycles. The van der Waals surface area contributed by atoms with Gasteiger partial charge in [0.25, 0.3) is 0 Å². The fourth-order valence-electron chi connectivity index (χ4n) is 3.01. The van der Waals surface area contributed by atoms with Gasteiger partial charge in [-0.1, -0.05) is 51.8 Å². The summed E-state index contributed by atoms with van der Waals surface area (Å²) < 4.78 is 5.84. The molecule has 0 fully saturated rings. The normalized spacial score (nSPS) is 21.9. The van der Waals surface area contributed by atoms with Gasteiger partial charge in [-0.15, -0.1) is 0 Å². The van der Waals surface area contributed by atoms with E-state index in [1.54, 1.807) is 0 Å². The summed E-state index contributed by atoms with van der Waals surface area (Å²) in [5.74, 6) is 1.52. The summed E-state index contributed by atoms with van der Waals surface area (Å²) in [6.07, 6.45) is 1.93. The summed E-state index contributed by atoms with van der Waals surface area (Å²) in [4.78, 5) is 2.37. The van der Waals surface area contributed by atoms with Crippen molar-refractivity contribution < 1.29 is 9.84 Å². The van der Waals surface area contributed by atoms with Gasteiger partial charge in [0, 0.05) is 12.1 Å². The highest BCUT2D eigenvalue weighted by Crippen LogP contribution is 2.34. The topological polar surface area (TPSA) is 32.7 Å². The molecule has 0 aromatic heterocycles. The van der Waals surface area contributed by atoms with Crippen LogP contribution in [0.15, 0.2) is 24.3 Å². The molecule has 1 heterocycles. The Bertz CT molecular complexity index is 417. The summed E-state index contributed by atoms with van der Waals surface area (Å²) >= 11 is 0. The van der Waals surface area contributed by atoms with Crippen LogP contribution in [0.25, 0.3) is 0 Å². The molecule has 0 saturated heterocycles. The van der Waals surface area contributed by atoms with Crippen molar-refractivity contribution >= 4 is 0 Å². The number of hydrogen-bond acceptors (Lipinski definition) is 3. The molecule has 3 heteroatoms. The first-order valence-electron chi connectivity index (χ1n) is 7.85. The zero-order valence-electron chi connectivity index (χ0n) is 12.9. The molecule has 0 bridgehead atoms. The number of aliphatic hydroxyl groups is 1. The second kappa shape index (κ2) is 7.09. The van der Waals surface area contributed by atoms with Crippen LogP contribution in [-0.2, 0) is 0 Å².